The van der Waals surface area contributed by atoms with E-state index in [1.807, 2.05) is 7.05 Å². The maximum Gasteiger partial charge on any atom is 0.341 e. The van der Waals surface area contributed by atoms with Gasteiger partial charge in [-0.15, -0.1) is 11.3 Å². The van der Waals surface area contributed by atoms with E-state index < -0.39 is 16.0 Å². The molecule has 0 saturated heterocycles. The van der Waals surface area contributed by atoms with Gasteiger partial charge in [0.05, 0.1) is 12.2 Å². The third-order valence-corrected chi connectivity index (χ3v) is 6.78. The molecule has 7 nitrogen and oxygen atoms in total. The normalized spacial score (nSPS) is 14.7. The summed E-state index contributed by atoms with van der Waals surface area (Å²) in [5.41, 5.74) is 1.17. The van der Waals surface area contributed by atoms with Gasteiger partial charge in [0.2, 0.25) is 0 Å². The Morgan fingerprint density at radius 1 is 1.46 bits per heavy atom. The fraction of sp³-hybridized carbons (Fsp3) is 0.375. The van der Waals surface area contributed by atoms with Crippen LogP contribution in [-0.2, 0) is 27.7 Å². The van der Waals surface area contributed by atoms with Gasteiger partial charge >= 0.3 is 5.97 Å². The highest BCUT2D eigenvalue weighted by Gasteiger charge is 2.30. The average molecular weight is 416 g/mol. The van der Waals surface area contributed by atoms with Crippen molar-refractivity contribution >= 4 is 43.9 Å². The number of halogens is 1. The summed E-state index contributed by atoms with van der Waals surface area (Å²) in [6, 6.07) is 2.76. The Balaban J connectivity index is 2.01. The summed E-state index contributed by atoms with van der Waals surface area (Å²) < 4.78 is 33.0. The monoisotopic (exact) mass is 415 g/mol. The Morgan fingerprint density at radius 3 is 2.88 bits per heavy atom. The van der Waals surface area contributed by atoms with Crippen molar-refractivity contribution in [2.24, 2.45) is 0 Å². The summed E-state index contributed by atoms with van der Waals surface area (Å²) in [5, 5.41) is 0.476. The van der Waals surface area contributed by atoms with Crippen molar-refractivity contribution in [1.29, 1.82) is 0 Å². The molecule has 3 rings (SSSR count). The van der Waals surface area contributed by atoms with Gasteiger partial charge in [0.25, 0.3) is 10.0 Å². The summed E-state index contributed by atoms with van der Waals surface area (Å²) in [6.07, 6.45) is 1.84. The van der Waals surface area contributed by atoms with E-state index >= 15 is 0 Å². The van der Waals surface area contributed by atoms with Crippen molar-refractivity contribution in [3.05, 3.63) is 39.5 Å². The van der Waals surface area contributed by atoms with Crippen LogP contribution in [0, 0.1) is 0 Å². The molecule has 0 amide bonds. The Labute approximate surface area is 161 Å². The van der Waals surface area contributed by atoms with Crippen LogP contribution >= 0.6 is 22.9 Å². The summed E-state index contributed by atoms with van der Waals surface area (Å²) >= 11 is 6.98. The third-order valence-electron chi connectivity index (χ3n) is 3.96. The quantitative estimate of drug-likeness (QED) is 0.596. The first-order valence-electron chi connectivity index (χ1n) is 7.96. The van der Waals surface area contributed by atoms with Gasteiger partial charge in [-0.05, 0) is 38.1 Å². The maximum atomic E-state index is 12.7. The lowest BCUT2D eigenvalue weighted by atomic mass is 10.0. The number of likely N-dealkylation sites (N-methyl/N-ethyl adjacent to an activating group) is 1. The van der Waals surface area contributed by atoms with Crippen LogP contribution in [0.5, 0.6) is 0 Å². The maximum absolute atomic E-state index is 12.7. The lowest BCUT2D eigenvalue weighted by Gasteiger charge is -2.22. The van der Waals surface area contributed by atoms with Gasteiger partial charge in [-0.1, -0.05) is 11.6 Å². The molecule has 0 radical (unpaired) electrons. The molecule has 2 aromatic rings. The number of nitrogens with one attached hydrogen (secondary N) is 1. The van der Waals surface area contributed by atoms with E-state index in [9.17, 15) is 13.2 Å². The minimum atomic E-state index is -3.90. The Kier molecular flexibility index (Phi) is 5.52. The Hall–Kier alpha value is -1.68. The van der Waals surface area contributed by atoms with E-state index in [4.69, 9.17) is 16.3 Å². The highest BCUT2D eigenvalue weighted by Crippen LogP contribution is 2.38. The van der Waals surface area contributed by atoms with Gasteiger partial charge in [0.15, 0.2) is 0 Å². The molecule has 0 bridgehead atoms. The molecule has 0 atom stereocenters. The van der Waals surface area contributed by atoms with Crippen LogP contribution < -0.4 is 4.72 Å². The van der Waals surface area contributed by atoms with Crippen molar-refractivity contribution in [2.75, 3.05) is 24.9 Å². The molecule has 1 aliphatic rings. The number of ether oxygens (including phenoxy) is 1. The molecule has 1 N–H and O–H groups in total. The van der Waals surface area contributed by atoms with E-state index in [0.717, 1.165) is 17.0 Å². The zero-order valence-corrected chi connectivity index (χ0v) is 16.7. The number of thiophene rings is 1. The van der Waals surface area contributed by atoms with Crippen molar-refractivity contribution in [3.8, 4) is 0 Å². The molecule has 2 aromatic heterocycles. The molecule has 0 saturated carbocycles. The van der Waals surface area contributed by atoms with Gasteiger partial charge in [-0.25, -0.2) is 18.2 Å². The minimum Gasteiger partial charge on any atom is -0.462 e. The summed E-state index contributed by atoms with van der Waals surface area (Å²) in [5.74, 6) is -0.513. The minimum absolute atomic E-state index is 0.0276. The van der Waals surface area contributed by atoms with Crippen LogP contribution in [0.15, 0.2) is 23.2 Å². The summed E-state index contributed by atoms with van der Waals surface area (Å²) in [7, 11) is -1.91. The molecule has 0 aliphatic carbocycles. The lowest BCUT2D eigenvalue weighted by Crippen LogP contribution is -2.26. The number of rotatable bonds is 5. The molecule has 140 valence electrons. The number of anilines is 1. The number of esters is 1. The van der Waals surface area contributed by atoms with E-state index in [1.165, 1.54) is 29.7 Å². The van der Waals surface area contributed by atoms with Gasteiger partial charge < -0.3 is 9.64 Å². The zero-order valence-electron chi connectivity index (χ0n) is 14.3. The number of carbonyl (C=O) groups excluding carboxylic acids is 1. The smallest absolute Gasteiger partial charge is 0.341 e. The van der Waals surface area contributed by atoms with Crippen molar-refractivity contribution in [3.63, 3.8) is 0 Å². The number of carbonyl (C=O) groups is 1. The molecular weight excluding hydrogens is 398 g/mol. The fourth-order valence-electron chi connectivity index (χ4n) is 2.72. The fourth-order valence-corrected chi connectivity index (χ4v) is 5.40. The van der Waals surface area contributed by atoms with Crippen LogP contribution in [0.1, 0.15) is 27.7 Å². The van der Waals surface area contributed by atoms with Crippen LogP contribution in [-0.4, -0.2) is 44.5 Å². The van der Waals surface area contributed by atoms with Gasteiger partial charge in [-0.2, -0.15) is 0 Å². The van der Waals surface area contributed by atoms with Crippen molar-refractivity contribution < 1.29 is 17.9 Å². The number of hydrogen-bond donors (Lipinski definition) is 1. The molecule has 0 fully saturated rings. The molecule has 3 heterocycles. The second kappa shape index (κ2) is 7.51. The molecule has 10 heteroatoms. The number of fused-ring (bicyclic) bond motifs is 1. The van der Waals surface area contributed by atoms with E-state index in [2.05, 4.69) is 14.6 Å². The summed E-state index contributed by atoms with van der Waals surface area (Å²) in [6.45, 7) is 3.39. The van der Waals surface area contributed by atoms with Crippen molar-refractivity contribution in [1.82, 2.24) is 9.88 Å². The second-order valence-corrected chi connectivity index (χ2v) is 9.01. The molecule has 0 spiro atoms. The van der Waals surface area contributed by atoms with Gasteiger partial charge in [0.1, 0.15) is 15.0 Å². The number of nitrogens with zero attached hydrogens (tertiary/aromatic N) is 2. The SMILES string of the molecule is CCOC(=O)c1c(NS(=O)(=O)c2ccc(Cl)nc2)sc2c1CCN(C)C2. The highest BCUT2D eigenvalue weighted by atomic mass is 35.5. The summed E-state index contributed by atoms with van der Waals surface area (Å²) in [4.78, 5) is 19.3. The highest BCUT2D eigenvalue weighted by molar-refractivity contribution is 7.93. The van der Waals surface area contributed by atoms with Gasteiger partial charge in [0, 0.05) is 24.2 Å². The van der Waals surface area contributed by atoms with E-state index in [-0.39, 0.29) is 21.7 Å². The predicted octanol–water partition coefficient (Wildman–Crippen LogP) is 2.76. The van der Waals surface area contributed by atoms with Crippen molar-refractivity contribution in [2.45, 2.75) is 24.8 Å². The van der Waals surface area contributed by atoms with Crippen LogP contribution in [0.3, 0.4) is 0 Å². The molecule has 0 aromatic carbocycles. The first-order valence-corrected chi connectivity index (χ1v) is 10.6. The largest absolute Gasteiger partial charge is 0.462 e. The Bertz CT molecular complexity index is 926. The molecule has 1 aliphatic heterocycles. The van der Waals surface area contributed by atoms with E-state index in [1.54, 1.807) is 6.92 Å². The van der Waals surface area contributed by atoms with Crippen LogP contribution in [0.25, 0.3) is 0 Å². The van der Waals surface area contributed by atoms with Crippen LogP contribution in [0.4, 0.5) is 5.00 Å². The second-order valence-electron chi connectivity index (χ2n) is 5.84. The number of aromatic nitrogens is 1. The standard InChI is InChI=1S/C16H18ClN3O4S2/c1-3-24-16(21)14-11-6-7-20(2)9-12(11)25-15(14)19-26(22,23)10-4-5-13(17)18-8-10/h4-5,8,19H,3,6-7,9H2,1-2H3. The predicted molar refractivity (Wildman–Crippen MR) is 100 cm³/mol. The topological polar surface area (TPSA) is 88.6 Å². The zero-order chi connectivity index (χ0) is 18.9. The first kappa shape index (κ1) is 19.1. The third kappa shape index (κ3) is 3.85. The van der Waals surface area contributed by atoms with Gasteiger partial charge in [-0.3, -0.25) is 4.72 Å². The number of sulfonamides is 1. The average Bonchev–Trinajstić information content (AvgIpc) is 2.91. The van der Waals surface area contributed by atoms with Crippen LogP contribution in [0.2, 0.25) is 5.15 Å². The first-order chi connectivity index (χ1) is 12.3. The van der Waals surface area contributed by atoms with E-state index in [0.29, 0.717) is 18.5 Å². The Morgan fingerprint density at radius 2 is 2.23 bits per heavy atom. The number of pyridine rings is 1. The molecule has 0 unspecified atom stereocenters. The molecule has 26 heavy (non-hydrogen) atoms. The molecular formula is C16H18ClN3O4S2. The lowest BCUT2D eigenvalue weighted by molar-refractivity contribution is 0.0526. The number of hydrogen-bond acceptors (Lipinski definition) is 7.